The van der Waals surface area contributed by atoms with E-state index in [1.807, 2.05) is 0 Å². The van der Waals surface area contributed by atoms with Crippen LogP contribution >= 0.6 is 0 Å². The van der Waals surface area contributed by atoms with Crippen molar-refractivity contribution in [1.29, 1.82) is 0 Å². The maximum Gasteiger partial charge on any atom is 0.242 e. The van der Waals surface area contributed by atoms with Gasteiger partial charge in [0.15, 0.2) is 0 Å². The molecule has 94 valence electrons. The summed E-state index contributed by atoms with van der Waals surface area (Å²) >= 11 is 0. The van der Waals surface area contributed by atoms with Crippen molar-refractivity contribution < 1.29 is 14.3 Å². The van der Waals surface area contributed by atoms with E-state index in [9.17, 15) is 4.79 Å². The first kappa shape index (κ1) is 13.4. The molecule has 0 bridgehead atoms. The molecule has 5 heteroatoms. The van der Waals surface area contributed by atoms with Crippen molar-refractivity contribution in [2.45, 2.75) is 24.8 Å². The van der Waals surface area contributed by atoms with Crippen molar-refractivity contribution in [3.8, 4) is 0 Å². The zero-order chi connectivity index (χ0) is 12.0. The number of ether oxygens (including phenoxy) is 2. The largest absolute Gasteiger partial charge is 0.383 e. The fourth-order valence-corrected chi connectivity index (χ4v) is 1.80. The van der Waals surface area contributed by atoms with Crippen LogP contribution in [0.25, 0.3) is 0 Å². The van der Waals surface area contributed by atoms with Gasteiger partial charge in [-0.05, 0) is 19.3 Å². The minimum absolute atomic E-state index is 0.0350. The highest BCUT2D eigenvalue weighted by Crippen LogP contribution is 2.30. The molecule has 0 aromatic carbocycles. The summed E-state index contributed by atoms with van der Waals surface area (Å²) in [4.78, 5) is 13.9. The zero-order valence-corrected chi connectivity index (χ0v) is 10.2. The van der Waals surface area contributed by atoms with Crippen molar-refractivity contribution in [1.82, 2.24) is 4.90 Å². The first-order chi connectivity index (χ1) is 7.64. The van der Waals surface area contributed by atoms with Crippen LogP contribution in [-0.2, 0) is 14.3 Å². The Hall–Kier alpha value is -0.650. The van der Waals surface area contributed by atoms with Crippen molar-refractivity contribution in [3.05, 3.63) is 0 Å². The van der Waals surface area contributed by atoms with Gasteiger partial charge in [0.05, 0.1) is 18.8 Å². The van der Waals surface area contributed by atoms with Crippen LogP contribution < -0.4 is 5.73 Å². The molecule has 1 fully saturated rings. The van der Waals surface area contributed by atoms with Crippen molar-refractivity contribution in [2.24, 2.45) is 5.73 Å². The molecule has 1 rings (SSSR count). The molecule has 0 unspecified atom stereocenters. The number of nitrogens with two attached hydrogens (primary N) is 1. The molecular weight excluding hydrogens is 208 g/mol. The van der Waals surface area contributed by atoms with E-state index in [1.54, 1.807) is 19.1 Å². The highest BCUT2D eigenvalue weighted by molar-refractivity contribution is 5.87. The maximum atomic E-state index is 12.1. The third-order valence-electron chi connectivity index (χ3n) is 3.09. The molecule has 2 N–H and O–H groups in total. The van der Waals surface area contributed by atoms with Gasteiger partial charge in [-0.3, -0.25) is 4.79 Å². The van der Waals surface area contributed by atoms with Crippen molar-refractivity contribution in [3.63, 3.8) is 0 Å². The van der Waals surface area contributed by atoms with Crippen LogP contribution in [0.1, 0.15) is 19.3 Å². The van der Waals surface area contributed by atoms with Gasteiger partial charge in [0.1, 0.15) is 0 Å². The molecule has 0 aromatic heterocycles. The molecule has 5 nitrogen and oxygen atoms in total. The number of hydrogen-bond donors (Lipinski definition) is 1. The quantitative estimate of drug-likeness (QED) is 0.668. The highest BCUT2D eigenvalue weighted by Gasteiger charge is 2.42. The Morgan fingerprint density at radius 1 is 1.25 bits per heavy atom. The van der Waals surface area contributed by atoms with Crippen molar-refractivity contribution >= 4 is 5.91 Å². The van der Waals surface area contributed by atoms with Crippen LogP contribution in [0.5, 0.6) is 0 Å². The predicted octanol–water partition coefficient (Wildman–Crippen LogP) is -0.0108. The van der Waals surface area contributed by atoms with E-state index in [2.05, 4.69) is 0 Å². The molecule has 0 aromatic rings. The summed E-state index contributed by atoms with van der Waals surface area (Å²) in [5.74, 6) is 0.0350. The first-order valence-corrected chi connectivity index (χ1v) is 5.70. The van der Waals surface area contributed by atoms with E-state index in [0.717, 1.165) is 19.3 Å². The monoisotopic (exact) mass is 230 g/mol. The fourth-order valence-electron chi connectivity index (χ4n) is 1.80. The molecule has 0 radical (unpaired) electrons. The van der Waals surface area contributed by atoms with Gasteiger partial charge in [0.25, 0.3) is 0 Å². The summed E-state index contributed by atoms with van der Waals surface area (Å²) in [6.07, 6.45) is 2.63. The lowest BCUT2D eigenvalue weighted by atomic mass is 9.76. The maximum absolute atomic E-state index is 12.1. The van der Waals surface area contributed by atoms with Crippen LogP contribution in [0.15, 0.2) is 0 Å². The molecule has 0 aliphatic heterocycles. The van der Waals surface area contributed by atoms with Gasteiger partial charge in [-0.2, -0.15) is 0 Å². The van der Waals surface area contributed by atoms with Gasteiger partial charge < -0.3 is 20.1 Å². The van der Waals surface area contributed by atoms with Gasteiger partial charge >= 0.3 is 0 Å². The molecule has 0 spiro atoms. The van der Waals surface area contributed by atoms with E-state index in [4.69, 9.17) is 15.2 Å². The van der Waals surface area contributed by atoms with Gasteiger partial charge in [0, 0.05) is 27.3 Å². The summed E-state index contributed by atoms with van der Waals surface area (Å²) in [6.45, 7) is 2.23. The Labute approximate surface area is 96.9 Å². The topological polar surface area (TPSA) is 64.8 Å². The van der Waals surface area contributed by atoms with Crippen LogP contribution in [0.2, 0.25) is 0 Å². The second-order valence-corrected chi connectivity index (χ2v) is 4.29. The normalized spacial score (nSPS) is 17.9. The fraction of sp³-hybridized carbons (Fsp3) is 0.909. The second-order valence-electron chi connectivity index (χ2n) is 4.29. The molecule has 0 atom stereocenters. The number of hydrogen-bond acceptors (Lipinski definition) is 4. The number of rotatable bonds is 7. The van der Waals surface area contributed by atoms with E-state index in [-0.39, 0.29) is 5.91 Å². The van der Waals surface area contributed by atoms with Gasteiger partial charge in [0.2, 0.25) is 5.91 Å². The minimum atomic E-state index is -0.624. The highest BCUT2D eigenvalue weighted by atomic mass is 16.5. The van der Waals surface area contributed by atoms with Crippen molar-refractivity contribution in [2.75, 3.05) is 40.5 Å². The van der Waals surface area contributed by atoms with E-state index >= 15 is 0 Å². The third kappa shape index (κ3) is 3.17. The summed E-state index contributed by atoms with van der Waals surface area (Å²) in [5.41, 5.74) is 5.39. The lowest BCUT2D eigenvalue weighted by Crippen LogP contribution is -2.60. The zero-order valence-electron chi connectivity index (χ0n) is 10.2. The number of carbonyl (C=O) groups is 1. The standard InChI is InChI=1S/C11H22N2O3/c1-15-8-6-13(7-9-16-2)10(14)11(12)4-3-5-11/h3-9,12H2,1-2H3. The molecule has 1 aliphatic rings. The SMILES string of the molecule is COCCN(CCOC)C(=O)C1(N)CCC1. The molecular formula is C11H22N2O3. The average Bonchev–Trinajstić information content (AvgIpc) is 2.25. The van der Waals surface area contributed by atoms with Crippen LogP contribution in [-0.4, -0.2) is 56.9 Å². The Bertz CT molecular complexity index is 221. The lowest BCUT2D eigenvalue weighted by Gasteiger charge is -2.40. The van der Waals surface area contributed by atoms with Gasteiger partial charge in [-0.15, -0.1) is 0 Å². The Balaban J connectivity index is 2.49. The Morgan fingerprint density at radius 3 is 2.06 bits per heavy atom. The van der Waals surface area contributed by atoms with Crippen LogP contribution in [0.4, 0.5) is 0 Å². The number of carbonyl (C=O) groups excluding carboxylic acids is 1. The molecule has 1 aliphatic carbocycles. The lowest BCUT2D eigenvalue weighted by molar-refractivity contribution is -0.141. The molecule has 0 saturated heterocycles. The average molecular weight is 230 g/mol. The molecule has 1 saturated carbocycles. The van der Waals surface area contributed by atoms with Gasteiger partial charge in [-0.25, -0.2) is 0 Å². The number of methoxy groups -OCH3 is 2. The van der Waals surface area contributed by atoms with Gasteiger partial charge in [-0.1, -0.05) is 0 Å². The van der Waals surface area contributed by atoms with Crippen LogP contribution in [0, 0.1) is 0 Å². The smallest absolute Gasteiger partial charge is 0.242 e. The van der Waals surface area contributed by atoms with E-state index in [0.29, 0.717) is 26.3 Å². The molecule has 16 heavy (non-hydrogen) atoms. The molecule has 1 amide bonds. The predicted molar refractivity (Wildman–Crippen MR) is 61.1 cm³/mol. The first-order valence-electron chi connectivity index (χ1n) is 5.70. The second kappa shape index (κ2) is 6.18. The van der Waals surface area contributed by atoms with Crippen LogP contribution in [0.3, 0.4) is 0 Å². The number of amides is 1. The summed E-state index contributed by atoms with van der Waals surface area (Å²) < 4.78 is 9.98. The number of nitrogens with zero attached hydrogens (tertiary/aromatic N) is 1. The third-order valence-corrected chi connectivity index (χ3v) is 3.09. The van der Waals surface area contributed by atoms with E-state index in [1.165, 1.54) is 0 Å². The summed E-state index contributed by atoms with van der Waals surface area (Å²) in [6, 6.07) is 0. The Morgan fingerprint density at radius 2 is 1.75 bits per heavy atom. The summed E-state index contributed by atoms with van der Waals surface area (Å²) in [7, 11) is 3.25. The summed E-state index contributed by atoms with van der Waals surface area (Å²) in [5, 5.41) is 0. The Kier molecular flexibility index (Phi) is 5.18. The minimum Gasteiger partial charge on any atom is -0.383 e. The molecule has 0 heterocycles. The van der Waals surface area contributed by atoms with E-state index < -0.39 is 5.54 Å².